The van der Waals surface area contributed by atoms with E-state index in [2.05, 4.69) is 9.97 Å². The summed E-state index contributed by atoms with van der Waals surface area (Å²) in [6.45, 7) is -0.00329. The number of rotatable bonds is 3. The average Bonchev–Trinajstić information content (AvgIpc) is 2.09. The summed E-state index contributed by atoms with van der Waals surface area (Å²) in [6.07, 6.45) is 5.34. The smallest absolute Gasteiger partial charge is 0.346 e. The number of nitrogens with one attached hydrogen (secondary N) is 1. The van der Waals surface area contributed by atoms with E-state index in [4.69, 9.17) is 10.8 Å². The van der Waals surface area contributed by atoms with Crippen LogP contribution in [0.2, 0.25) is 0 Å². The van der Waals surface area contributed by atoms with Crippen LogP contribution in [-0.2, 0) is 6.42 Å². The number of nitrogen functional groups attached to an aromatic ring is 1. The third-order valence-electron chi connectivity index (χ3n) is 1.54. The highest BCUT2D eigenvalue weighted by molar-refractivity contribution is 5.37. The van der Waals surface area contributed by atoms with Gasteiger partial charge in [-0.25, -0.2) is 9.78 Å². The van der Waals surface area contributed by atoms with Gasteiger partial charge in [0.2, 0.25) is 0 Å². The molecule has 0 aliphatic heterocycles. The highest BCUT2D eigenvalue weighted by Gasteiger charge is 1.97. The fourth-order valence-electron chi connectivity index (χ4n) is 0.881. The van der Waals surface area contributed by atoms with Gasteiger partial charge in [0, 0.05) is 11.8 Å². The van der Waals surface area contributed by atoms with Gasteiger partial charge in [0.25, 0.3) is 0 Å². The molecule has 0 spiro atoms. The molecule has 1 heterocycles. The molecule has 1 aromatic rings. The summed E-state index contributed by atoms with van der Waals surface area (Å²) in [6, 6.07) is 0. The van der Waals surface area contributed by atoms with Gasteiger partial charge in [-0.2, -0.15) is 0 Å². The summed E-state index contributed by atoms with van der Waals surface area (Å²) in [7, 11) is 0. The first-order valence-corrected chi connectivity index (χ1v) is 3.83. The summed E-state index contributed by atoms with van der Waals surface area (Å²) in [5.74, 6) is 0.322. The highest BCUT2D eigenvalue weighted by Crippen LogP contribution is 2.04. The molecule has 0 bridgehead atoms. The Morgan fingerprint density at radius 3 is 3.00 bits per heavy atom. The summed E-state index contributed by atoms with van der Waals surface area (Å²) in [5.41, 5.74) is 5.80. The quantitative estimate of drug-likeness (QED) is 0.545. The second-order valence-electron chi connectivity index (χ2n) is 2.49. The molecular weight excluding hydrogens is 170 g/mol. The second kappa shape index (κ2) is 4.42. The molecule has 0 atom stereocenters. The van der Waals surface area contributed by atoms with Gasteiger partial charge in [-0.1, -0.05) is 12.2 Å². The van der Waals surface area contributed by atoms with Crippen molar-refractivity contribution in [3.8, 4) is 0 Å². The van der Waals surface area contributed by atoms with Gasteiger partial charge in [0.1, 0.15) is 5.82 Å². The molecule has 0 aromatic carbocycles. The van der Waals surface area contributed by atoms with E-state index in [1.807, 2.05) is 0 Å². The molecular formula is C8H11N3O2. The topological polar surface area (TPSA) is 92.0 Å². The van der Waals surface area contributed by atoms with Crippen molar-refractivity contribution in [2.45, 2.75) is 6.42 Å². The van der Waals surface area contributed by atoms with Crippen LogP contribution in [0.5, 0.6) is 0 Å². The molecule has 1 aromatic heterocycles. The zero-order valence-corrected chi connectivity index (χ0v) is 7.03. The number of anilines is 1. The third kappa shape index (κ3) is 2.72. The Bertz CT molecular complexity index is 357. The zero-order chi connectivity index (χ0) is 9.68. The lowest BCUT2D eigenvalue weighted by molar-refractivity contribution is 0.342. The van der Waals surface area contributed by atoms with Crippen LogP contribution in [0, 0.1) is 0 Å². The lowest BCUT2D eigenvalue weighted by Crippen LogP contribution is -2.13. The van der Waals surface area contributed by atoms with Crippen LogP contribution >= 0.6 is 0 Å². The normalized spacial score (nSPS) is 10.8. The minimum atomic E-state index is -0.451. The van der Waals surface area contributed by atoms with E-state index in [1.54, 1.807) is 12.2 Å². The first kappa shape index (κ1) is 9.47. The Hall–Kier alpha value is -1.62. The number of allylic oxidation sites excluding steroid dienone is 1. The van der Waals surface area contributed by atoms with E-state index in [0.29, 0.717) is 12.2 Å². The van der Waals surface area contributed by atoms with Gasteiger partial charge >= 0.3 is 5.69 Å². The maximum atomic E-state index is 10.7. The second-order valence-corrected chi connectivity index (χ2v) is 2.49. The van der Waals surface area contributed by atoms with Crippen LogP contribution in [0.25, 0.3) is 0 Å². The standard InChI is InChI=1S/C8H11N3O2/c9-7-6(3-1-2-4-12)5-10-8(13)11-7/h1-2,5,12H,3-4H2,(H3,9,10,11,13). The number of H-pyrrole nitrogens is 1. The van der Waals surface area contributed by atoms with Crippen molar-refractivity contribution >= 4 is 5.82 Å². The lowest BCUT2D eigenvalue weighted by atomic mass is 10.2. The molecule has 0 amide bonds. The summed E-state index contributed by atoms with van der Waals surface area (Å²) in [5, 5.41) is 8.47. The van der Waals surface area contributed by atoms with Gasteiger partial charge in [0.15, 0.2) is 0 Å². The van der Waals surface area contributed by atoms with Crippen molar-refractivity contribution in [1.29, 1.82) is 0 Å². The molecule has 0 radical (unpaired) electrons. The van der Waals surface area contributed by atoms with Gasteiger partial charge in [-0.3, -0.25) is 4.98 Å². The zero-order valence-electron chi connectivity index (χ0n) is 7.03. The van der Waals surface area contributed by atoms with Crippen molar-refractivity contribution in [3.63, 3.8) is 0 Å². The molecule has 5 heteroatoms. The van der Waals surface area contributed by atoms with Gasteiger partial charge in [-0.05, 0) is 6.42 Å². The van der Waals surface area contributed by atoms with E-state index in [0.717, 1.165) is 5.56 Å². The number of aliphatic hydroxyl groups is 1. The highest BCUT2D eigenvalue weighted by atomic mass is 16.2. The van der Waals surface area contributed by atoms with Crippen LogP contribution in [0.15, 0.2) is 23.1 Å². The number of hydrogen-bond donors (Lipinski definition) is 3. The fraction of sp³-hybridized carbons (Fsp3) is 0.250. The SMILES string of the molecule is Nc1[nH]c(=O)ncc1CC=CCO. The Morgan fingerprint density at radius 1 is 1.62 bits per heavy atom. The molecule has 5 nitrogen and oxygen atoms in total. The van der Waals surface area contributed by atoms with E-state index >= 15 is 0 Å². The molecule has 0 saturated heterocycles. The summed E-state index contributed by atoms with van der Waals surface area (Å²) >= 11 is 0. The van der Waals surface area contributed by atoms with Crippen LogP contribution in [0.3, 0.4) is 0 Å². The van der Waals surface area contributed by atoms with Crippen LogP contribution in [0.4, 0.5) is 5.82 Å². The Balaban J connectivity index is 2.78. The molecule has 70 valence electrons. The van der Waals surface area contributed by atoms with Crippen LogP contribution in [-0.4, -0.2) is 21.7 Å². The van der Waals surface area contributed by atoms with Gasteiger partial charge in [-0.15, -0.1) is 0 Å². The molecule has 0 saturated carbocycles. The van der Waals surface area contributed by atoms with Crippen LogP contribution in [0.1, 0.15) is 5.56 Å². The predicted octanol–water partition coefficient (Wildman–Crippen LogP) is -0.557. The number of aliphatic hydroxyl groups excluding tert-OH is 1. The largest absolute Gasteiger partial charge is 0.392 e. The Morgan fingerprint density at radius 2 is 2.38 bits per heavy atom. The van der Waals surface area contributed by atoms with Crippen molar-refractivity contribution in [3.05, 3.63) is 34.4 Å². The molecule has 4 N–H and O–H groups in total. The first-order valence-electron chi connectivity index (χ1n) is 3.83. The molecule has 0 unspecified atom stereocenters. The van der Waals surface area contributed by atoms with Gasteiger partial charge in [0.05, 0.1) is 6.61 Å². The number of aromatic amines is 1. The van der Waals surface area contributed by atoms with E-state index in [-0.39, 0.29) is 6.61 Å². The number of nitrogens with zero attached hydrogens (tertiary/aromatic N) is 1. The monoisotopic (exact) mass is 181 g/mol. The Labute approximate surface area is 74.9 Å². The van der Waals surface area contributed by atoms with Crippen molar-refractivity contribution in [2.24, 2.45) is 0 Å². The third-order valence-corrected chi connectivity index (χ3v) is 1.54. The minimum absolute atomic E-state index is 0.00329. The molecule has 13 heavy (non-hydrogen) atoms. The van der Waals surface area contributed by atoms with Crippen molar-refractivity contribution in [1.82, 2.24) is 9.97 Å². The lowest BCUT2D eigenvalue weighted by Gasteiger charge is -1.99. The summed E-state index contributed by atoms with van der Waals surface area (Å²) in [4.78, 5) is 16.6. The molecule has 0 aliphatic carbocycles. The predicted molar refractivity (Wildman–Crippen MR) is 49.2 cm³/mol. The van der Waals surface area contributed by atoms with Crippen LogP contribution < -0.4 is 11.4 Å². The number of aromatic nitrogens is 2. The molecule has 1 rings (SSSR count). The molecule has 0 fully saturated rings. The maximum absolute atomic E-state index is 10.7. The number of nitrogens with two attached hydrogens (primary N) is 1. The van der Waals surface area contributed by atoms with Gasteiger partial charge < -0.3 is 10.8 Å². The fourth-order valence-corrected chi connectivity index (χ4v) is 0.881. The van der Waals surface area contributed by atoms with E-state index in [9.17, 15) is 4.79 Å². The van der Waals surface area contributed by atoms with Crippen molar-refractivity contribution < 1.29 is 5.11 Å². The minimum Gasteiger partial charge on any atom is -0.392 e. The van der Waals surface area contributed by atoms with E-state index < -0.39 is 5.69 Å². The van der Waals surface area contributed by atoms with E-state index in [1.165, 1.54) is 6.20 Å². The first-order chi connectivity index (χ1) is 6.24. The Kier molecular flexibility index (Phi) is 3.22. The maximum Gasteiger partial charge on any atom is 0.346 e. The average molecular weight is 181 g/mol. The van der Waals surface area contributed by atoms with Crippen molar-refractivity contribution in [2.75, 3.05) is 12.3 Å². The molecule has 0 aliphatic rings. The summed E-state index contributed by atoms with van der Waals surface area (Å²) < 4.78 is 0. The number of hydrogen-bond acceptors (Lipinski definition) is 4.